The van der Waals surface area contributed by atoms with Gasteiger partial charge in [0.1, 0.15) is 0 Å². The first-order chi connectivity index (χ1) is 12.6. The first kappa shape index (κ1) is 19.7. The number of nitrogens with one attached hydrogen (secondary N) is 1. The van der Waals surface area contributed by atoms with Gasteiger partial charge in [0.05, 0.1) is 10.7 Å². The summed E-state index contributed by atoms with van der Waals surface area (Å²) in [6.45, 7) is 5.57. The fourth-order valence-electron chi connectivity index (χ4n) is 3.08. The van der Waals surface area contributed by atoms with Crippen LogP contribution in [0.4, 0.5) is 0 Å². The Labute approximate surface area is 168 Å². The molecule has 4 nitrogen and oxygen atoms in total. The van der Waals surface area contributed by atoms with E-state index < -0.39 is 0 Å². The smallest absolute Gasteiger partial charge is 0.223 e. The van der Waals surface area contributed by atoms with Crippen LogP contribution in [0.3, 0.4) is 0 Å². The Morgan fingerprint density at radius 3 is 2.73 bits per heavy atom. The number of aryl methyl sites for hydroxylation is 1. The third-order valence-corrected chi connectivity index (χ3v) is 6.58. The normalized spacial score (nSPS) is 15.9. The quantitative estimate of drug-likeness (QED) is 0.549. The van der Waals surface area contributed by atoms with E-state index in [0.29, 0.717) is 6.54 Å². The molecule has 1 fully saturated rings. The number of halogens is 1. The van der Waals surface area contributed by atoms with Gasteiger partial charge in [0.15, 0.2) is 0 Å². The van der Waals surface area contributed by atoms with Crippen LogP contribution in [0, 0.1) is 12.8 Å². The molecule has 1 aliphatic rings. The first-order valence-electron chi connectivity index (χ1n) is 8.89. The highest BCUT2D eigenvalue weighted by Gasteiger charge is 2.24. The molecule has 26 heavy (non-hydrogen) atoms. The van der Waals surface area contributed by atoms with Crippen LogP contribution in [-0.4, -0.2) is 41.2 Å². The number of piperidine rings is 1. The number of thiazole rings is 1. The Bertz CT molecular complexity index is 712. The summed E-state index contributed by atoms with van der Waals surface area (Å²) in [5.41, 5.74) is 1.15. The maximum absolute atomic E-state index is 12.4. The van der Waals surface area contributed by atoms with Crippen molar-refractivity contribution in [2.75, 3.05) is 25.4 Å². The van der Waals surface area contributed by atoms with E-state index in [1.807, 2.05) is 31.2 Å². The second-order valence-corrected chi connectivity index (χ2v) is 9.17. The van der Waals surface area contributed by atoms with Gasteiger partial charge in [0, 0.05) is 40.1 Å². The molecule has 2 heterocycles. The van der Waals surface area contributed by atoms with E-state index in [1.165, 1.54) is 4.90 Å². The van der Waals surface area contributed by atoms with Crippen molar-refractivity contribution in [2.45, 2.75) is 31.2 Å². The van der Waals surface area contributed by atoms with Gasteiger partial charge in [-0.1, -0.05) is 11.6 Å². The molecule has 1 aromatic heterocycles. The van der Waals surface area contributed by atoms with Crippen LogP contribution in [0.25, 0.3) is 0 Å². The molecule has 1 aromatic carbocycles. The molecule has 0 unspecified atom stereocenters. The van der Waals surface area contributed by atoms with Gasteiger partial charge in [0.25, 0.3) is 0 Å². The summed E-state index contributed by atoms with van der Waals surface area (Å²) in [5.74, 6) is 1.21. The molecule has 140 valence electrons. The summed E-state index contributed by atoms with van der Waals surface area (Å²) < 4.78 is 0. The number of carbonyl (C=O) groups excluding carboxylic acids is 1. The second-order valence-electron chi connectivity index (χ2n) is 6.50. The Kier molecular flexibility index (Phi) is 7.37. The molecule has 7 heteroatoms. The SMILES string of the molecule is Cc1nc(CN2CCC(C(=O)NCCSc3ccc(Cl)cc3)CC2)cs1. The second kappa shape index (κ2) is 9.74. The van der Waals surface area contributed by atoms with Gasteiger partial charge in [-0.15, -0.1) is 23.1 Å². The van der Waals surface area contributed by atoms with Crippen LogP contribution in [0.2, 0.25) is 5.02 Å². The fourth-order valence-corrected chi connectivity index (χ4v) is 4.58. The molecule has 0 bridgehead atoms. The van der Waals surface area contributed by atoms with Gasteiger partial charge < -0.3 is 5.32 Å². The Morgan fingerprint density at radius 1 is 1.35 bits per heavy atom. The topological polar surface area (TPSA) is 45.2 Å². The number of nitrogens with zero attached hydrogens (tertiary/aromatic N) is 2. The molecule has 1 amide bonds. The van der Waals surface area contributed by atoms with Crippen molar-refractivity contribution < 1.29 is 4.79 Å². The van der Waals surface area contributed by atoms with Crippen molar-refractivity contribution in [3.63, 3.8) is 0 Å². The Morgan fingerprint density at radius 2 is 2.08 bits per heavy atom. The number of amides is 1. The minimum atomic E-state index is 0.143. The summed E-state index contributed by atoms with van der Waals surface area (Å²) in [6.07, 6.45) is 1.86. The minimum absolute atomic E-state index is 0.143. The van der Waals surface area contributed by atoms with E-state index in [4.69, 9.17) is 11.6 Å². The fraction of sp³-hybridized carbons (Fsp3) is 0.474. The molecule has 0 saturated carbocycles. The molecular formula is C19H24ClN3OS2. The van der Waals surface area contributed by atoms with Gasteiger partial charge in [-0.2, -0.15) is 0 Å². The molecule has 1 aliphatic heterocycles. The number of carbonyl (C=O) groups is 1. The molecular weight excluding hydrogens is 386 g/mol. The van der Waals surface area contributed by atoms with Gasteiger partial charge in [-0.05, 0) is 57.1 Å². The van der Waals surface area contributed by atoms with E-state index >= 15 is 0 Å². The number of rotatable bonds is 7. The van der Waals surface area contributed by atoms with Crippen LogP contribution in [-0.2, 0) is 11.3 Å². The van der Waals surface area contributed by atoms with Crippen LogP contribution < -0.4 is 5.32 Å². The summed E-state index contributed by atoms with van der Waals surface area (Å²) in [5, 5.41) is 7.08. The number of benzene rings is 1. The van der Waals surface area contributed by atoms with E-state index in [0.717, 1.165) is 54.0 Å². The van der Waals surface area contributed by atoms with E-state index in [9.17, 15) is 4.79 Å². The van der Waals surface area contributed by atoms with E-state index in [-0.39, 0.29) is 11.8 Å². The lowest BCUT2D eigenvalue weighted by Gasteiger charge is -2.30. The van der Waals surface area contributed by atoms with Crippen molar-refractivity contribution >= 4 is 40.6 Å². The van der Waals surface area contributed by atoms with E-state index in [1.54, 1.807) is 23.1 Å². The summed E-state index contributed by atoms with van der Waals surface area (Å²) in [7, 11) is 0. The highest BCUT2D eigenvalue weighted by molar-refractivity contribution is 7.99. The maximum atomic E-state index is 12.4. The monoisotopic (exact) mass is 409 g/mol. The predicted octanol–water partition coefficient (Wildman–Crippen LogP) is 4.23. The summed E-state index contributed by atoms with van der Waals surface area (Å²) in [6, 6.07) is 7.80. The van der Waals surface area contributed by atoms with Crippen LogP contribution in [0.1, 0.15) is 23.5 Å². The molecule has 0 radical (unpaired) electrons. The summed E-state index contributed by atoms with van der Waals surface area (Å²) in [4.78, 5) is 20.5. The average molecular weight is 410 g/mol. The zero-order valence-electron chi connectivity index (χ0n) is 14.9. The lowest BCUT2D eigenvalue weighted by Crippen LogP contribution is -2.40. The van der Waals surface area contributed by atoms with Gasteiger partial charge >= 0.3 is 0 Å². The lowest BCUT2D eigenvalue weighted by atomic mass is 9.96. The maximum Gasteiger partial charge on any atom is 0.223 e. The largest absolute Gasteiger partial charge is 0.355 e. The third-order valence-electron chi connectivity index (χ3n) is 4.49. The van der Waals surface area contributed by atoms with Gasteiger partial charge in [-0.3, -0.25) is 9.69 Å². The Hall–Kier alpha value is -1.08. The zero-order chi connectivity index (χ0) is 18.4. The molecule has 1 saturated heterocycles. The van der Waals surface area contributed by atoms with Gasteiger partial charge in [0.2, 0.25) is 5.91 Å². The molecule has 0 aliphatic carbocycles. The molecule has 0 atom stereocenters. The van der Waals surface area contributed by atoms with Crippen molar-refractivity contribution in [1.82, 2.24) is 15.2 Å². The van der Waals surface area contributed by atoms with Gasteiger partial charge in [-0.25, -0.2) is 4.98 Å². The van der Waals surface area contributed by atoms with Crippen molar-refractivity contribution in [1.29, 1.82) is 0 Å². The standard InChI is InChI=1S/C19H24ClN3OS2/c1-14-22-17(13-26-14)12-23-9-6-15(7-10-23)19(24)21-8-11-25-18-4-2-16(20)3-5-18/h2-5,13,15H,6-12H2,1H3,(H,21,24). The molecule has 2 aromatic rings. The average Bonchev–Trinajstić information content (AvgIpc) is 3.05. The van der Waals surface area contributed by atoms with Crippen LogP contribution >= 0.6 is 34.7 Å². The molecule has 3 rings (SSSR count). The van der Waals surface area contributed by atoms with Crippen LogP contribution in [0.5, 0.6) is 0 Å². The number of aromatic nitrogens is 1. The van der Waals surface area contributed by atoms with Crippen molar-refractivity contribution in [3.8, 4) is 0 Å². The number of hydrogen-bond acceptors (Lipinski definition) is 5. The lowest BCUT2D eigenvalue weighted by molar-refractivity contribution is -0.126. The predicted molar refractivity (Wildman–Crippen MR) is 110 cm³/mol. The van der Waals surface area contributed by atoms with Crippen molar-refractivity contribution in [3.05, 3.63) is 45.4 Å². The minimum Gasteiger partial charge on any atom is -0.355 e. The zero-order valence-corrected chi connectivity index (χ0v) is 17.3. The molecule has 0 spiro atoms. The highest BCUT2D eigenvalue weighted by Crippen LogP contribution is 2.21. The first-order valence-corrected chi connectivity index (χ1v) is 11.1. The number of thioether (sulfide) groups is 1. The number of hydrogen-bond donors (Lipinski definition) is 1. The number of likely N-dealkylation sites (tertiary alicyclic amines) is 1. The van der Waals surface area contributed by atoms with E-state index in [2.05, 4.69) is 20.6 Å². The summed E-state index contributed by atoms with van der Waals surface area (Å²) >= 11 is 9.32. The Balaban J connectivity index is 1.32. The highest BCUT2D eigenvalue weighted by atomic mass is 35.5. The van der Waals surface area contributed by atoms with Crippen molar-refractivity contribution in [2.24, 2.45) is 5.92 Å². The molecule has 1 N–H and O–H groups in total. The van der Waals surface area contributed by atoms with Crippen LogP contribution in [0.15, 0.2) is 34.5 Å². The third kappa shape index (κ3) is 5.98.